The van der Waals surface area contributed by atoms with Crippen LogP contribution < -0.4 is 11.1 Å². The highest BCUT2D eigenvalue weighted by Crippen LogP contribution is 2.10. The Bertz CT molecular complexity index is 307. The minimum absolute atomic E-state index is 0.0533. The van der Waals surface area contributed by atoms with E-state index in [1.807, 2.05) is 13.8 Å². The van der Waals surface area contributed by atoms with Crippen molar-refractivity contribution in [3.8, 4) is 0 Å². The molecule has 0 aliphatic carbocycles. The maximum atomic E-state index is 11.6. The lowest BCUT2D eigenvalue weighted by Gasteiger charge is -2.24. The van der Waals surface area contributed by atoms with E-state index in [1.54, 1.807) is 0 Å². The maximum Gasteiger partial charge on any atom is 0.240 e. The number of carbonyl (C=O) groups is 1. The Labute approximate surface area is 91.3 Å². The van der Waals surface area contributed by atoms with E-state index in [9.17, 15) is 13.2 Å². The molecule has 0 fully saturated rings. The van der Waals surface area contributed by atoms with Gasteiger partial charge in [-0.2, -0.15) is 0 Å². The Hall–Kier alpha value is -0.620. The van der Waals surface area contributed by atoms with Gasteiger partial charge in [-0.25, -0.2) is 8.42 Å². The highest BCUT2D eigenvalue weighted by atomic mass is 32.2. The highest BCUT2D eigenvalue weighted by molar-refractivity contribution is 7.90. The normalized spacial score (nSPS) is 12.5. The van der Waals surface area contributed by atoms with Crippen LogP contribution in [0.15, 0.2) is 0 Å². The maximum absolute atomic E-state index is 11.6. The number of nitrogens with one attached hydrogen (secondary N) is 1. The van der Waals surface area contributed by atoms with E-state index in [-0.39, 0.29) is 18.2 Å². The van der Waals surface area contributed by atoms with Gasteiger partial charge in [-0.05, 0) is 12.8 Å². The molecule has 0 aliphatic heterocycles. The fourth-order valence-electron chi connectivity index (χ4n) is 1.10. The summed E-state index contributed by atoms with van der Waals surface area (Å²) in [5.74, 6) is -0.335. The van der Waals surface area contributed by atoms with Crippen molar-refractivity contribution in [3.63, 3.8) is 0 Å². The summed E-state index contributed by atoms with van der Waals surface area (Å²) >= 11 is 0. The molecule has 0 bridgehead atoms. The Kier molecular flexibility index (Phi) is 5.23. The first-order valence-electron chi connectivity index (χ1n) is 5.00. The molecule has 3 N–H and O–H groups in total. The van der Waals surface area contributed by atoms with Gasteiger partial charge in [0.25, 0.3) is 0 Å². The molecular weight excluding hydrogens is 216 g/mol. The number of sulfone groups is 1. The number of amides is 1. The summed E-state index contributed by atoms with van der Waals surface area (Å²) in [5.41, 5.74) is 4.95. The Morgan fingerprint density at radius 2 is 1.80 bits per heavy atom. The van der Waals surface area contributed by atoms with Crippen LogP contribution in [-0.2, 0) is 14.6 Å². The molecule has 0 saturated carbocycles. The fraction of sp³-hybridized carbons (Fsp3) is 0.889. The van der Waals surface area contributed by atoms with Gasteiger partial charge >= 0.3 is 0 Å². The second kappa shape index (κ2) is 5.46. The predicted molar refractivity (Wildman–Crippen MR) is 60.2 cm³/mol. The Morgan fingerprint density at radius 1 is 1.33 bits per heavy atom. The Morgan fingerprint density at radius 3 is 2.13 bits per heavy atom. The third kappa shape index (κ3) is 5.13. The lowest BCUT2D eigenvalue weighted by Crippen LogP contribution is -2.53. The van der Waals surface area contributed by atoms with Crippen molar-refractivity contribution in [2.75, 3.05) is 18.6 Å². The van der Waals surface area contributed by atoms with Crippen LogP contribution in [0.1, 0.15) is 26.7 Å². The zero-order valence-electron chi connectivity index (χ0n) is 9.54. The van der Waals surface area contributed by atoms with Gasteiger partial charge in [-0.15, -0.1) is 0 Å². The zero-order valence-corrected chi connectivity index (χ0v) is 10.4. The van der Waals surface area contributed by atoms with Crippen LogP contribution in [0.2, 0.25) is 0 Å². The molecular formula is C9H20N2O3S. The predicted octanol–water partition coefficient (Wildman–Crippen LogP) is -0.335. The summed E-state index contributed by atoms with van der Waals surface area (Å²) in [6, 6.07) is 0. The van der Waals surface area contributed by atoms with Gasteiger partial charge in [-0.3, -0.25) is 4.79 Å². The van der Waals surface area contributed by atoms with Gasteiger partial charge in [0.2, 0.25) is 5.91 Å². The van der Waals surface area contributed by atoms with Crippen LogP contribution in [0.3, 0.4) is 0 Å². The minimum atomic E-state index is -3.03. The standard InChI is InChI=1S/C9H20N2O3S/c1-4-9(10,5-2)8(12)11-6-7-15(3,13)14/h4-7,10H2,1-3H3,(H,11,12). The largest absolute Gasteiger partial charge is 0.353 e. The average Bonchev–Trinajstić information content (AvgIpc) is 2.14. The van der Waals surface area contributed by atoms with Crippen molar-refractivity contribution in [1.82, 2.24) is 5.32 Å². The van der Waals surface area contributed by atoms with Gasteiger partial charge in [0.1, 0.15) is 9.84 Å². The van der Waals surface area contributed by atoms with Gasteiger partial charge in [0.05, 0.1) is 11.3 Å². The second-order valence-corrected chi connectivity index (χ2v) is 6.01. The van der Waals surface area contributed by atoms with Gasteiger partial charge in [0, 0.05) is 12.8 Å². The van der Waals surface area contributed by atoms with E-state index >= 15 is 0 Å². The molecule has 0 aromatic rings. The van der Waals surface area contributed by atoms with E-state index in [0.29, 0.717) is 12.8 Å². The smallest absolute Gasteiger partial charge is 0.240 e. The summed E-state index contributed by atoms with van der Waals surface area (Å²) in [6.07, 6.45) is 2.21. The number of hydrogen-bond acceptors (Lipinski definition) is 4. The number of nitrogens with two attached hydrogens (primary N) is 1. The highest BCUT2D eigenvalue weighted by Gasteiger charge is 2.29. The summed E-state index contributed by atoms with van der Waals surface area (Å²) < 4.78 is 21.6. The van der Waals surface area contributed by atoms with Crippen LogP contribution in [0.25, 0.3) is 0 Å². The van der Waals surface area contributed by atoms with Crippen LogP contribution in [-0.4, -0.2) is 38.4 Å². The topological polar surface area (TPSA) is 89.3 Å². The molecule has 0 aromatic heterocycles. The van der Waals surface area contributed by atoms with E-state index in [2.05, 4.69) is 5.32 Å². The molecule has 5 nitrogen and oxygen atoms in total. The molecule has 1 amide bonds. The molecule has 0 unspecified atom stereocenters. The van der Waals surface area contributed by atoms with E-state index < -0.39 is 15.4 Å². The summed E-state index contributed by atoms with van der Waals surface area (Å²) in [7, 11) is -3.03. The molecule has 15 heavy (non-hydrogen) atoms. The van der Waals surface area contributed by atoms with Gasteiger partial charge in [-0.1, -0.05) is 13.8 Å². The van der Waals surface area contributed by atoms with E-state index in [0.717, 1.165) is 6.26 Å². The number of hydrogen-bond donors (Lipinski definition) is 2. The first kappa shape index (κ1) is 14.4. The molecule has 0 aromatic carbocycles. The summed E-state index contributed by atoms with van der Waals surface area (Å²) in [6.45, 7) is 3.79. The number of rotatable bonds is 6. The van der Waals surface area contributed by atoms with Crippen LogP contribution in [0.4, 0.5) is 0 Å². The molecule has 0 saturated heterocycles. The minimum Gasteiger partial charge on any atom is -0.353 e. The molecule has 0 heterocycles. The van der Waals surface area contributed by atoms with Crippen molar-refractivity contribution >= 4 is 15.7 Å². The SMILES string of the molecule is CCC(N)(CC)C(=O)NCCS(C)(=O)=O. The monoisotopic (exact) mass is 236 g/mol. The van der Waals surface area contributed by atoms with E-state index in [1.165, 1.54) is 0 Å². The first-order chi connectivity index (χ1) is 6.75. The molecule has 0 atom stereocenters. The lowest BCUT2D eigenvalue weighted by atomic mass is 9.93. The van der Waals surface area contributed by atoms with Crippen molar-refractivity contribution in [2.45, 2.75) is 32.2 Å². The molecule has 0 spiro atoms. The lowest BCUT2D eigenvalue weighted by molar-refractivity contribution is -0.126. The first-order valence-corrected chi connectivity index (χ1v) is 7.06. The summed E-state index contributed by atoms with van der Waals surface area (Å²) in [4.78, 5) is 11.6. The summed E-state index contributed by atoms with van der Waals surface area (Å²) in [5, 5.41) is 2.54. The molecule has 6 heteroatoms. The van der Waals surface area contributed by atoms with Crippen molar-refractivity contribution in [3.05, 3.63) is 0 Å². The van der Waals surface area contributed by atoms with Gasteiger partial charge in [0.15, 0.2) is 0 Å². The quantitative estimate of drug-likeness (QED) is 0.660. The number of carbonyl (C=O) groups excluding carboxylic acids is 1. The third-order valence-electron chi connectivity index (χ3n) is 2.47. The van der Waals surface area contributed by atoms with Crippen molar-refractivity contribution in [1.29, 1.82) is 0 Å². The van der Waals surface area contributed by atoms with Crippen LogP contribution >= 0.6 is 0 Å². The molecule has 0 rings (SSSR count). The fourth-order valence-corrected chi connectivity index (χ4v) is 1.57. The average molecular weight is 236 g/mol. The van der Waals surface area contributed by atoms with Gasteiger partial charge < -0.3 is 11.1 Å². The molecule has 0 radical (unpaired) electrons. The van der Waals surface area contributed by atoms with Crippen molar-refractivity contribution < 1.29 is 13.2 Å². The van der Waals surface area contributed by atoms with Crippen LogP contribution in [0.5, 0.6) is 0 Å². The molecule has 90 valence electrons. The Balaban J connectivity index is 4.15. The zero-order chi connectivity index (χ0) is 12.1. The molecule has 0 aliphatic rings. The third-order valence-corrected chi connectivity index (χ3v) is 3.42. The van der Waals surface area contributed by atoms with Crippen molar-refractivity contribution in [2.24, 2.45) is 5.73 Å². The van der Waals surface area contributed by atoms with Crippen LogP contribution in [0, 0.1) is 0 Å². The second-order valence-electron chi connectivity index (χ2n) is 3.75. The van der Waals surface area contributed by atoms with E-state index in [4.69, 9.17) is 5.73 Å².